The van der Waals surface area contributed by atoms with E-state index in [0.717, 1.165) is 0 Å². The molecule has 0 aliphatic rings. The molecule has 0 saturated heterocycles. The minimum absolute atomic E-state index is 1.17. The third-order valence-corrected chi connectivity index (χ3v) is 5.72. The van der Waals surface area contributed by atoms with E-state index in [4.69, 9.17) is 0 Å². The van der Waals surface area contributed by atoms with E-state index in [2.05, 4.69) is 96.0 Å². The smallest absolute Gasteiger partial charge is 0.0346 e. The highest BCUT2D eigenvalue weighted by molar-refractivity contribution is 6.25. The van der Waals surface area contributed by atoms with Crippen molar-refractivity contribution in [3.05, 3.63) is 103 Å². The lowest BCUT2D eigenvalue weighted by Gasteiger charge is -2.12. The third kappa shape index (κ3) is 2.23. The summed E-state index contributed by atoms with van der Waals surface area (Å²) < 4.78 is 0. The largest absolute Gasteiger partial charge is 0.264 e. The van der Waals surface area contributed by atoms with Gasteiger partial charge in [-0.25, -0.2) is 0 Å². The molecule has 0 fully saturated rings. The highest BCUT2D eigenvalue weighted by atomic mass is 14.6. The normalized spacial score (nSPS) is 11.6. The second kappa shape index (κ2) is 5.90. The Hall–Kier alpha value is -3.71. The Kier molecular flexibility index (Phi) is 3.24. The average molecular weight is 355 g/mol. The summed E-state index contributed by atoms with van der Waals surface area (Å²) in [5.74, 6) is 0. The second-order valence-corrected chi connectivity index (χ2v) is 7.29. The first-order chi connectivity index (χ1) is 13.9. The van der Waals surface area contributed by atoms with Crippen LogP contribution < -0.4 is 0 Å². The first-order valence-electron chi connectivity index (χ1n) is 9.56. The van der Waals surface area contributed by atoms with Crippen LogP contribution in [0.5, 0.6) is 0 Å². The molecule has 0 unspecified atom stereocenters. The van der Waals surface area contributed by atoms with Crippen LogP contribution in [0.1, 0.15) is 0 Å². The van der Waals surface area contributed by atoms with Crippen LogP contribution in [0, 0.1) is 0 Å². The van der Waals surface area contributed by atoms with Gasteiger partial charge in [0, 0.05) is 17.8 Å². The molecule has 0 N–H and O–H groups in total. The standard InChI is InChI=1S/C27H17N/c1-2-7-24-22(5-1)23-6-3-4-8-25(23)27-16-19(11-12-26(24)27)18-9-10-21-17-28-14-13-20(21)15-18/h1-17H. The maximum atomic E-state index is 4.22. The fraction of sp³-hybridized carbons (Fsp3) is 0. The van der Waals surface area contributed by atoms with Crippen LogP contribution >= 0.6 is 0 Å². The molecule has 0 aliphatic carbocycles. The van der Waals surface area contributed by atoms with Crippen molar-refractivity contribution in [1.29, 1.82) is 0 Å². The fourth-order valence-corrected chi connectivity index (χ4v) is 4.35. The molecule has 0 radical (unpaired) electrons. The van der Waals surface area contributed by atoms with Crippen molar-refractivity contribution < 1.29 is 0 Å². The maximum absolute atomic E-state index is 4.22. The highest BCUT2D eigenvalue weighted by Crippen LogP contribution is 2.37. The summed E-state index contributed by atoms with van der Waals surface area (Å²) in [5, 5.41) is 10.3. The summed E-state index contributed by atoms with van der Waals surface area (Å²) in [7, 11) is 0. The van der Waals surface area contributed by atoms with Crippen LogP contribution in [0.2, 0.25) is 0 Å². The molecule has 0 amide bonds. The quantitative estimate of drug-likeness (QED) is 0.281. The second-order valence-electron chi connectivity index (χ2n) is 7.29. The summed E-state index contributed by atoms with van der Waals surface area (Å²) in [4.78, 5) is 4.22. The number of aromatic nitrogens is 1. The number of fused-ring (bicyclic) bond motifs is 7. The Morgan fingerprint density at radius 3 is 1.71 bits per heavy atom. The molecule has 0 saturated carbocycles. The van der Waals surface area contributed by atoms with Crippen LogP contribution in [0.4, 0.5) is 0 Å². The van der Waals surface area contributed by atoms with Gasteiger partial charge in [-0.2, -0.15) is 0 Å². The van der Waals surface area contributed by atoms with Gasteiger partial charge in [0.25, 0.3) is 0 Å². The molecule has 0 atom stereocenters. The van der Waals surface area contributed by atoms with Crippen molar-refractivity contribution in [2.24, 2.45) is 0 Å². The zero-order chi connectivity index (χ0) is 18.5. The Bertz CT molecular complexity index is 1480. The predicted octanol–water partition coefficient (Wildman–Crippen LogP) is 7.36. The van der Waals surface area contributed by atoms with Crippen molar-refractivity contribution in [1.82, 2.24) is 4.98 Å². The average Bonchev–Trinajstić information content (AvgIpc) is 2.78. The fourth-order valence-electron chi connectivity index (χ4n) is 4.35. The van der Waals surface area contributed by atoms with Crippen LogP contribution in [-0.4, -0.2) is 4.98 Å². The van der Waals surface area contributed by atoms with E-state index in [1.807, 2.05) is 12.4 Å². The van der Waals surface area contributed by atoms with E-state index >= 15 is 0 Å². The van der Waals surface area contributed by atoms with Gasteiger partial charge in [0.1, 0.15) is 0 Å². The van der Waals surface area contributed by atoms with E-state index in [-0.39, 0.29) is 0 Å². The van der Waals surface area contributed by atoms with Crippen LogP contribution in [0.3, 0.4) is 0 Å². The summed E-state index contributed by atoms with van der Waals surface area (Å²) in [5.41, 5.74) is 2.48. The van der Waals surface area contributed by atoms with Crippen molar-refractivity contribution in [3.8, 4) is 11.1 Å². The Morgan fingerprint density at radius 2 is 1.00 bits per heavy atom. The first-order valence-corrected chi connectivity index (χ1v) is 9.56. The molecule has 0 aliphatic heterocycles. The molecule has 0 bridgehead atoms. The lowest BCUT2D eigenvalue weighted by Crippen LogP contribution is -1.85. The van der Waals surface area contributed by atoms with Gasteiger partial charge in [0.05, 0.1) is 0 Å². The molecule has 0 spiro atoms. The van der Waals surface area contributed by atoms with Gasteiger partial charge in [-0.1, -0.05) is 72.8 Å². The Labute approximate surface area is 162 Å². The highest BCUT2D eigenvalue weighted by Gasteiger charge is 2.09. The van der Waals surface area contributed by atoms with Gasteiger partial charge >= 0.3 is 0 Å². The topological polar surface area (TPSA) is 12.9 Å². The minimum atomic E-state index is 1.17. The molecule has 1 aromatic heterocycles. The maximum Gasteiger partial charge on any atom is 0.0346 e. The van der Waals surface area contributed by atoms with Gasteiger partial charge in [-0.05, 0) is 67.0 Å². The molecule has 130 valence electrons. The number of pyridine rings is 1. The van der Waals surface area contributed by atoms with Crippen LogP contribution in [0.15, 0.2) is 103 Å². The summed E-state index contributed by atoms with van der Waals surface area (Å²) in [6, 6.07) is 32.9. The summed E-state index contributed by atoms with van der Waals surface area (Å²) in [6.45, 7) is 0. The molecular formula is C27H17N. The van der Waals surface area contributed by atoms with Crippen LogP contribution in [-0.2, 0) is 0 Å². The monoisotopic (exact) mass is 355 g/mol. The van der Waals surface area contributed by atoms with Gasteiger partial charge in [-0.15, -0.1) is 0 Å². The van der Waals surface area contributed by atoms with Crippen LogP contribution in [0.25, 0.3) is 54.2 Å². The predicted molar refractivity (Wildman–Crippen MR) is 120 cm³/mol. The molecule has 5 aromatic carbocycles. The van der Waals surface area contributed by atoms with Crippen molar-refractivity contribution in [3.63, 3.8) is 0 Å². The molecular weight excluding hydrogens is 338 g/mol. The molecule has 1 heteroatoms. The lowest BCUT2D eigenvalue weighted by molar-refractivity contribution is 1.36. The van der Waals surface area contributed by atoms with Crippen molar-refractivity contribution in [2.75, 3.05) is 0 Å². The number of rotatable bonds is 1. The number of hydrogen-bond donors (Lipinski definition) is 0. The van der Waals surface area contributed by atoms with Crippen molar-refractivity contribution in [2.45, 2.75) is 0 Å². The first kappa shape index (κ1) is 15.4. The molecule has 1 heterocycles. The van der Waals surface area contributed by atoms with E-state index in [9.17, 15) is 0 Å². The summed E-state index contributed by atoms with van der Waals surface area (Å²) in [6.07, 6.45) is 3.77. The number of nitrogens with zero attached hydrogens (tertiary/aromatic N) is 1. The lowest BCUT2D eigenvalue weighted by atomic mass is 9.92. The molecule has 28 heavy (non-hydrogen) atoms. The molecule has 6 rings (SSSR count). The number of benzene rings is 5. The molecule has 6 aromatic rings. The zero-order valence-electron chi connectivity index (χ0n) is 15.3. The van der Waals surface area contributed by atoms with Gasteiger partial charge in [-0.3, -0.25) is 4.98 Å². The zero-order valence-corrected chi connectivity index (χ0v) is 15.3. The van der Waals surface area contributed by atoms with E-state index in [1.165, 1.54) is 54.2 Å². The SMILES string of the molecule is c1ccc2c(c1)c1ccccc1c1cc(-c3ccc4cnccc4c3)ccc21. The van der Waals surface area contributed by atoms with Crippen molar-refractivity contribution >= 4 is 43.1 Å². The van der Waals surface area contributed by atoms with Gasteiger partial charge < -0.3 is 0 Å². The van der Waals surface area contributed by atoms with E-state index in [1.54, 1.807) is 0 Å². The van der Waals surface area contributed by atoms with E-state index in [0.29, 0.717) is 0 Å². The Morgan fingerprint density at radius 1 is 0.429 bits per heavy atom. The number of hydrogen-bond acceptors (Lipinski definition) is 1. The molecule has 1 nitrogen and oxygen atoms in total. The van der Waals surface area contributed by atoms with Gasteiger partial charge in [0.2, 0.25) is 0 Å². The minimum Gasteiger partial charge on any atom is -0.264 e. The Balaban J connectivity index is 1.70. The van der Waals surface area contributed by atoms with Gasteiger partial charge in [0.15, 0.2) is 0 Å². The van der Waals surface area contributed by atoms with E-state index < -0.39 is 0 Å². The third-order valence-electron chi connectivity index (χ3n) is 5.72. The summed E-state index contributed by atoms with van der Waals surface area (Å²) >= 11 is 0.